The van der Waals surface area contributed by atoms with Crippen LogP contribution in [0.1, 0.15) is 26.6 Å². The van der Waals surface area contributed by atoms with E-state index in [-0.39, 0.29) is 0 Å². The molecule has 1 aromatic heterocycles. The van der Waals surface area contributed by atoms with E-state index in [2.05, 4.69) is 4.98 Å². The summed E-state index contributed by atoms with van der Waals surface area (Å²) in [5.41, 5.74) is -0.527. The highest BCUT2D eigenvalue weighted by molar-refractivity contribution is 4.96. The number of aliphatic hydroxyl groups is 1. The summed E-state index contributed by atoms with van der Waals surface area (Å²) < 4.78 is 7.40. The molecule has 1 N–H and O–H groups in total. The van der Waals surface area contributed by atoms with Crippen LogP contribution in [0, 0.1) is 0 Å². The van der Waals surface area contributed by atoms with Crippen LogP contribution in [0.2, 0.25) is 0 Å². The van der Waals surface area contributed by atoms with Gasteiger partial charge in [-0.2, -0.15) is 0 Å². The minimum Gasteiger partial charge on any atom is -0.390 e. The average Bonchev–Trinajstić information content (AvgIpc) is 2.52. The second-order valence-corrected chi connectivity index (χ2v) is 4.21. The van der Waals surface area contributed by atoms with Crippen LogP contribution >= 0.6 is 0 Å². The lowest BCUT2D eigenvalue weighted by atomic mass is 9.98. The van der Waals surface area contributed by atoms with Crippen LogP contribution in [0.4, 0.5) is 0 Å². The van der Waals surface area contributed by atoms with Crippen molar-refractivity contribution in [3.05, 3.63) is 18.2 Å². The Hall–Kier alpha value is -0.870. The van der Waals surface area contributed by atoms with Gasteiger partial charge in [0.15, 0.2) is 0 Å². The molecule has 0 aliphatic rings. The highest BCUT2D eigenvalue weighted by Gasteiger charge is 2.29. The minimum atomic E-state index is -0.543. The molecular weight excluding hydrogens is 192 g/mol. The number of hydrogen-bond acceptors (Lipinski definition) is 3. The average molecular weight is 212 g/mol. The lowest BCUT2D eigenvalue weighted by Gasteiger charge is -2.30. The molecule has 86 valence electrons. The summed E-state index contributed by atoms with van der Waals surface area (Å²) in [5, 5.41) is 10.0. The van der Waals surface area contributed by atoms with E-state index in [1.54, 1.807) is 6.20 Å². The van der Waals surface area contributed by atoms with Gasteiger partial charge in [-0.05, 0) is 20.8 Å². The summed E-state index contributed by atoms with van der Waals surface area (Å²) in [7, 11) is 1.92. The van der Waals surface area contributed by atoms with Crippen molar-refractivity contribution in [3.8, 4) is 0 Å². The Labute approximate surface area is 90.9 Å². The quantitative estimate of drug-likeness (QED) is 0.796. The highest BCUT2D eigenvalue weighted by atomic mass is 16.5. The first-order valence-corrected chi connectivity index (χ1v) is 5.25. The number of aryl methyl sites for hydroxylation is 1. The minimum absolute atomic E-state index is 0.510. The molecule has 1 heterocycles. The molecule has 0 spiro atoms. The van der Waals surface area contributed by atoms with E-state index in [0.29, 0.717) is 13.0 Å². The molecule has 0 fully saturated rings. The summed E-state index contributed by atoms with van der Waals surface area (Å²) in [6.07, 6.45) is 3.57. The number of hydrogen-bond donors (Lipinski definition) is 1. The Morgan fingerprint density at radius 3 is 2.73 bits per heavy atom. The molecule has 0 aromatic carbocycles. The fraction of sp³-hybridized carbons (Fsp3) is 0.727. The highest BCUT2D eigenvalue weighted by Crippen LogP contribution is 2.17. The molecular formula is C11H20N2O2. The third-order valence-electron chi connectivity index (χ3n) is 2.62. The number of ether oxygens (including phenoxy) is 1. The molecule has 0 radical (unpaired) electrons. The molecule has 1 rings (SSSR count). The van der Waals surface area contributed by atoms with E-state index in [1.165, 1.54) is 0 Å². The van der Waals surface area contributed by atoms with Crippen molar-refractivity contribution >= 4 is 0 Å². The van der Waals surface area contributed by atoms with E-state index in [9.17, 15) is 5.11 Å². The maximum Gasteiger partial charge on any atom is 0.111 e. The van der Waals surface area contributed by atoms with Crippen LogP contribution < -0.4 is 0 Å². The predicted octanol–water partition coefficient (Wildman–Crippen LogP) is 1.14. The van der Waals surface area contributed by atoms with Gasteiger partial charge in [-0.3, -0.25) is 0 Å². The number of rotatable bonds is 5. The molecule has 0 aliphatic carbocycles. The number of aliphatic hydroxyl groups excluding tert-OH is 1. The summed E-state index contributed by atoms with van der Waals surface area (Å²) in [4.78, 5) is 4.18. The van der Waals surface area contributed by atoms with Crippen molar-refractivity contribution in [3.63, 3.8) is 0 Å². The lowest BCUT2D eigenvalue weighted by Crippen LogP contribution is -2.41. The van der Waals surface area contributed by atoms with Crippen LogP contribution in [0.15, 0.2) is 12.4 Å². The number of nitrogens with zero attached hydrogens (tertiary/aromatic N) is 2. The van der Waals surface area contributed by atoms with Crippen molar-refractivity contribution < 1.29 is 9.84 Å². The van der Waals surface area contributed by atoms with Gasteiger partial charge in [-0.1, -0.05) is 0 Å². The van der Waals surface area contributed by atoms with Gasteiger partial charge in [0, 0.05) is 32.5 Å². The maximum atomic E-state index is 10.0. The Kier molecular flexibility index (Phi) is 3.88. The Balaban J connectivity index is 2.63. The van der Waals surface area contributed by atoms with E-state index in [0.717, 1.165) is 5.82 Å². The maximum absolute atomic E-state index is 10.0. The van der Waals surface area contributed by atoms with Gasteiger partial charge in [0.2, 0.25) is 0 Å². The zero-order valence-electron chi connectivity index (χ0n) is 9.90. The molecule has 1 aromatic rings. The normalized spacial score (nSPS) is 14.2. The Bertz CT molecular complexity index is 307. The zero-order valence-corrected chi connectivity index (χ0v) is 9.90. The van der Waals surface area contributed by atoms with E-state index in [1.807, 2.05) is 38.6 Å². The Morgan fingerprint density at radius 1 is 1.60 bits per heavy atom. The zero-order chi connectivity index (χ0) is 11.5. The van der Waals surface area contributed by atoms with Gasteiger partial charge >= 0.3 is 0 Å². The van der Waals surface area contributed by atoms with Gasteiger partial charge in [-0.15, -0.1) is 0 Å². The molecule has 0 amide bonds. The summed E-state index contributed by atoms with van der Waals surface area (Å²) >= 11 is 0. The van der Waals surface area contributed by atoms with E-state index in [4.69, 9.17) is 4.74 Å². The molecule has 4 heteroatoms. The largest absolute Gasteiger partial charge is 0.390 e. The summed E-state index contributed by atoms with van der Waals surface area (Å²) in [5.74, 6) is 0.871. The monoisotopic (exact) mass is 212 g/mol. The molecule has 1 atom stereocenters. The smallest absolute Gasteiger partial charge is 0.111 e. The molecule has 1 unspecified atom stereocenters. The van der Waals surface area contributed by atoms with Crippen molar-refractivity contribution in [2.24, 2.45) is 7.05 Å². The van der Waals surface area contributed by atoms with Crippen LogP contribution in [-0.4, -0.2) is 33.0 Å². The van der Waals surface area contributed by atoms with Crippen molar-refractivity contribution in [2.45, 2.75) is 38.9 Å². The van der Waals surface area contributed by atoms with Gasteiger partial charge in [0.1, 0.15) is 5.82 Å². The third-order valence-corrected chi connectivity index (χ3v) is 2.62. The molecule has 0 saturated heterocycles. The van der Waals surface area contributed by atoms with Crippen LogP contribution in [0.3, 0.4) is 0 Å². The van der Waals surface area contributed by atoms with Crippen molar-refractivity contribution in [2.75, 3.05) is 6.61 Å². The van der Waals surface area contributed by atoms with Gasteiger partial charge in [-0.25, -0.2) is 4.98 Å². The SMILES string of the molecule is CCOC(C)(C)C(O)Cc1nccn1C. The van der Waals surface area contributed by atoms with Gasteiger partial charge < -0.3 is 14.4 Å². The third kappa shape index (κ3) is 3.04. The standard InChI is InChI=1S/C11H20N2O2/c1-5-15-11(2,3)9(14)8-10-12-6-7-13(10)4/h6-7,9,14H,5,8H2,1-4H3. The lowest BCUT2D eigenvalue weighted by molar-refractivity contribution is -0.0962. The van der Waals surface area contributed by atoms with Crippen LogP contribution in [0.5, 0.6) is 0 Å². The van der Waals surface area contributed by atoms with Crippen LogP contribution in [-0.2, 0) is 18.2 Å². The topological polar surface area (TPSA) is 47.3 Å². The van der Waals surface area contributed by atoms with Crippen LogP contribution in [0.25, 0.3) is 0 Å². The first kappa shape index (κ1) is 12.2. The molecule has 4 nitrogen and oxygen atoms in total. The number of aromatic nitrogens is 2. The first-order chi connectivity index (χ1) is 6.97. The second kappa shape index (κ2) is 4.77. The molecule has 0 aliphatic heterocycles. The molecule has 0 bridgehead atoms. The van der Waals surface area contributed by atoms with Crippen molar-refractivity contribution in [1.29, 1.82) is 0 Å². The van der Waals surface area contributed by atoms with E-state index >= 15 is 0 Å². The summed E-state index contributed by atoms with van der Waals surface area (Å²) in [6, 6.07) is 0. The fourth-order valence-electron chi connectivity index (χ4n) is 1.48. The Morgan fingerprint density at radius 2 is 2.27 bits per heavy atom. The molecule has 15 heavy (non-hydrogen) atoms. The van der Waals surface area contributed by atoms with Gasteiger partial charge in [0.05, 0.1) is 11.7 Å². The summed E-state index contributed by atoms with van der Waals surface area (Å²) in [6.45, 7) is 6.31. The first-order valence-electron chi connectivity index (χ1n) is 5.25. The number of imidazole rings is 1. The molecule has 0 saturated carbocycles. The van der Waals surface area contributed by atoms with E-state index < -0.39 is 11.7 Å². The van der Waals surface area contributed by atoms with Gasteiger partial charge in [0.25, 0.3) is 0 Å². The fourth-order valence-corrected chi connectivity index (χ4v) is 1.48. The second-order valence-electron chi connectivity index (χ2n) is 4.21. The van der Waals surface area contributed by atoms with Crippen molar-refractivity contribution in [1.82, 2.24) is 9.55 Å². The predicted molar refractivity (Wildman–Crippen MR) is 58.6 cm³/mol.